The summed E-state index contributed by atoms with van der Waals surface area (Å²) < 4.78 is 54.0. The molecule has 0 saturated heterocycles. The molecule has 3 aromatic rings. The first-order valence-corrected chi connectivity index (χ1v) is 9.62. The number of amides is 2. The number of halogens is 4. The highest BCUT2D eigenvalue weighted by Crippen LogP contribution is 2.24. The first-order valence-electron chi connectivity index (χ1n) is 9.62. The van der Waals surface area contributed by atoms with Crippen LogP contribution in [0.25, 0.3) is 0 Å². The van der Waals surface area contributed by atoms with Gasteiger partial charge < -0.3 is 16.0 Å². The Balaban J connectivity index is 1.58. The van der Waals surface area contributed by atoms with Crippen LogP contribution < -0.4 is 16.0 Å². The molecule has 33 heavy (non-hydrogen) atoms. The summed E-state index contributed by atoms with van der Waals surface area (Å²) in [6, 6.07) is 15.9. The number of carbonyl (C=O) groups excluding carboxylic acids is 2. The standard InChI is InChI=1S/C22H15F4N5O2/c23-15-18(16(24)20(26)31-19(15)25)27-10-14(32)29-21-22(33)28-13-9-5-4-8-12(13)17(30-21)11-6-2-1-3-7-11/h1-9,21H,10H2,(H,27,31)(H,28,33)(H,29,32)/t21-/m0/s1. The molecule has 1 aliphatic heterocycles. The molecule has 0 spiro atoms. The van der Waals surface area contributed by atoms with Crippen LogP contribution >= 0.6 is 0 Å². The number of benzodiazepines with no additional fused rings is 1. The van der Waals surface area contributed by atoms with Crippen LogP contribution in [-0.2, 0) is 9.59 Å². The Hall–Kier alpha value is -4.28. The molecule has 7 nitrogen and oxygen atoms in total. The van der Waals surface area contributed by atoms with Gasteiger partial charge in [0.15, 0.2) is 0 Å². The Morgan fingerprint density at radius 1 is 0.939 bits per heavy atom. The van der Waals surface area contributed by atoms with E-state index in [9.17, 15) is 27.2 Å². The van der Waals surface area contributed by atoms with E-state index in [2.05, 4.69) is 20.6 Å². The summed E-state index contributed by atoms with van der Waals surface area (Å²) >= 11 is 0. The molecule has 0 saturated carbocycles. The lowest BCUT2D eigenvalue weighted by atomic mass is 10.0. The molecule has 4 rings (SSSR count). The van der Waals surface area contributed by atoms with Gasteiger partial charge >= 0.3 is 0 Å². The van der Waals surface area contributed by atoms with E-state index in [1.165, 1.54) is 0 Å². The highest BCUT2D eigenvalue weighted by molar-refractivity contribution is 6.19. The van der Waals surface area contributed by atoms with E-state index in [0.29, 0.717) is 22.5 Å². The number of rotatable bonds is 5. The fraction of sp³-hybridized carbons (Fsp3) is 0.0909. The monoisotopic (exact) mass is 457 g/mol. The molecule has 1 aromatic heterocycles. The quantitative estimate of drug-likeness (QED) is 0.406. The second kappa shape index (κ2) is 9.07. The van der Waals surface area contributed by atoms with Gasteiger partial charge in [0.25, 0.3) is 17.8 Å². The van der Waals surface area contributed by atoms with Gasteiger partial charge in [0, 0.05) is 11.1 Å². The molecule has 0 fully saturated rings. The maximum Gasteiger partial charge on any atom is 0.269 e. The number of para-hydroxylation sites is 1. The van der Waals surface area contributed by atoms with Gasteiger partial charge in [0.2, 0.25) is 23.7 Å². The lowest BCUT2D eigenvalue weighted by Gasteiger charge is -2.14. The van der Waals surface area contributed by atoms with Crippen molar-refractivity contribution in [1.82, 2.24) is 10.3 Å². The topological polar surface area (TPSA) is 95.5 Å². The first-order chi connectivity index (χ1) is 15.8. The number of nitrogens with one attached hydrogen (secondary N) is 3. The molecular formula is C22H15F4N5O2. The number of nitrogens with zero attached hydrogens (tertiary/aromatic N) is 2. The van der Waals surface area contributed by atoms with Crippen LogP contribution in [0.5, 0.6) is 0 Å². The molecule has 3 N–H and O–H groups in total. The second-order valence-corrected chi connectivity index (χ2v) is 6.90. The molecule has 0 unspecified atom stereocenters. The van der Waals surface area contributed by atoms with Crippen molar-refractivity contribution >= 4 is 28.9 Å². The van der Waals surface area contributed by atoms with Crippen molar-refractivity contribution in [2.45, 2.75) is 6.17 Å². The second-order valence-electron chi connectivity index (χ2n) is 6.90. The SMILES string of the molecule is O=C(CNc1c(F)c(F)nc(F)c1F)N[C@H]1N=C(c2ccccc2)c2ccccc2NC1=O. The molecule has 0 radical (unpaired) electrons. The minimum absolute atomic E-state index is 0.429. The first kappa shape index (κ1) is 21.9. The molecule has 1 aliphatic rings. The summed E-state index contributed by atoms with van der Waals surface area (Å²) in [4.78, 5) is 31.9. The maximum atomic E-state index is 13.7. The van der Waals surface area contributed by atoms with Gasteiger partial charge in [-0.25, -0.2) is 4.99 Å². The Morgan fingerprint density at radius 2 is 1.58 bits per heavy atom. The number of benzene rings is 2. The van der Waals surface area contributed by atoms with E-state index in [0.717, 1.165) is 0 Å². The van der Waals surface area contributed by atoms with Crippen molar-refractivity contribution in [2.24, 2.45) is 4.99 Å². The molecule has 0 aliphatic carbocycles. The normalized spacial score (nSPS) is 15.1. The largest absolute Gasteiger partial charge is 0.371 e. The van der Waals surface area contributed by atoms with Crippen molar-refractivity contribution in [2.75, 3.05) is 17.2 Å². The Kier molecular flexibility index (Phi) is 6.03. The molecular weight excluding hydrogens is 442 g/mol. The van der Waals surface area contributed by atoms with Gasteiger partial charge in [-0.15, -0.1) is 0 Å². The highest BCUT2D eigenvalue weighted by Gasteiger charge is 2.27. The van der Waals surface area contributed by atoms with E-state index >= 15 is 0 Å². The van der Waals surface area contributed by atoms with Crippen LogP contribution in [0, 0.1) is 23.5 Å². The van der Waals surface area contributed by atoms with Crippen LogP contribution in [0.2, 0.25) is 0 Å². The van der Waals surface area contributed by atoms with E-state index in [4.69, 9.17) is 0 Å². The molecule has 11 heteroatoms. The van der Waals surface area contributed by atoms with Crippen LogP contribution in [0.15, 0.2) is 59.6 Å². The van der Waals surface area contributed by atoms with E-state index in [1.54, 1.807) is 48.5 Å². The number of hydrogen-bond donors (Lipinski definition) is 3. The molecule has 2 aromatic carbocycles. The predicted molar refractivity (Wildman–Crippen MR) is 112 cm³/mol. The number of carbonyl (C=O) groups is 2. The number of fused-ring (bicyclic) bond motifs is 1. The third-order valence-electron chi connectivity index (χ3n) is 4.71. The molecule has 1 atom stereocenters. The van der Waals surface area contributed by atoms with Crippen LogP contribution in [0.4, 0.5) is 28.9 Å². The van der Waals surface area contributed by atoms with Gasteiger partial charge in [0.1, 0.15) is 5.69 Å². The van der Waals surface area contributed by atoms with Crippen LogP contribution in [-0.4, -0.2) is 35.2 Å². The summed E-state index contributed by atoms with van der Waals surface area (Å²) in [5.41, 5.74) is 1.02. The molecule has 2 heterocycles. The smallest absolute Gasteiger partial charge is 0.269 e. The predicted octanol–water partition coefficient (Wildman–Crippen LogP) is 2.98. The molecule has 2 amide bonds. The fourth-order valence-corrected chi connectivity index (χ4v) is 3.20. The summed E-state index contributed by atoms with van der Waals surface area (Å²) in [7, 11) is 0. The fourth-order valence-electron chi connectivity index (χ4n) is 3.20. The minimum atomic E-state index is -1.87. The Bertz CT molecular complexity index is 1240. The maximum absolute atomic E-state index is 13.7. The summed E-state index contributed by atoms with van der Waals surface area (Å²) in [6.45, 7) is -0.802. The molecule has 168 valence electrons. The number of hydrogen-bond acceptors (Lipinski definition) is 5. The Morgan fingerprint density at radius 3 is 2.27 bits per heavy atom. The average molecular weight is 457 g/mol. The summed E-state index contributed by atoms with van der Waals surface area (Å²) in [5.74, 6) is -8.86. The van der Waals surface area contributed by atoms with Gasteiger partial charge in [-0.05, 0) is 6.07 Å². The zero-order valence-corrected chi connectivity index (χ0v) is 16.7. The van der Waals surface area contributed by atoms with Crippen molar-refractivity contribution in [3.05, 3.63) is 89.3 Å². The summed E-state index contributed by atoms with van der Waals surface area (Å²) in [5, 5.41) is 6.98. The number of aromatic nitrogens is 1. The van der Waals surface area contributed by atoms with Gasteiger partial charge in [-0.2, -0.15) is 22.5 Å². The zero-order chi connectivity index (χ0) is 23.5. The lowest BCUT2D eigenvalue weighted by Crippen LogP contribution is -2.44. The Labute approximate surface area is 184 Å². The van der Waals surface area contributed by atoms with E-state index in [-0.39, 0.29) is 0 Å². The number of anilines is 2. The lowest BCUT2D eigenvalue weighted by molar-refractivity contribution is -0.125. The number of aliphatic imine (C=N–C) groups is 1. The van der Waals surface area contributed by atoms with Gasteiger partial charge in [-0.1, -0.05) is 48.5 Å². The highest BCUT2D eigenvalue weighted by atomic mass is 19.2. The summed E-state index contributed by atoms with van der Waals surface area (Å²) in [6.07, 6.45) is -1.39. The van der Waals surface area contributed by atoms with Crippen molar-refractivity contribution in [3.63, 3.8) is 0 Å². The van der Waals surface area contributed by atoms with Crippen molar-refractivity contribution < 1.29 is 27.2 Å². The third kappa shape index (κ3) is 4.52. The van der Waals surface area contributed by atoms with Crippen molar-refractivity contribution in [3.8, 4) is 0 Å². The van der Waals surface area contributed by atoms with Crippen LogP contribution in [0.1, 0.15) is 11.1 Å². The zero-order valence-electron chi connectivity index (χ0n) is 16.7. The van der Waals surface area contributed by atoms with Crippen molar-refractivity contribution in [1.29, 1.82) is 0 Å². The average Bonchev–Trinajstić information content (AvgIpc) is 2.94. The minimum Gasteiger partial charge on any atom is -0.371 e. The third-order valence-corrected chi connectivity index (χ3v) is 4.71. The number of pyridine rings is 1. The van der Waals surface area contributed by atoms with Gasteiger partial charge in [-0.3, -0.25) is 9.59 Å². The molecule has 0 bridgehead atoms. The van der Waals surface area contributed by atoms with Gasteiger partial charge in [0.05, 0.1) is 17.9 Å². The van der Waals surface area contributed by atoms with E-state index in [1.807, 2.05) is 11.4 Å². The van der Waals surface area contributed by atoms with E-state index < -0.39 is 53.7 Å². The van der Waals surface area contributed by atoms with Crippen LogP contribution in [0.3, 0.4) is 0 Å².